The molecule has 148 valence electrons. The van der Waals surface area contributed by atoms with Gasteiger partial charge >= 0.3 is 5.97 Å². The van der Waals surface area contributed by atoms with Crippen LogP contribution in [0.1, 0.15) is 47.9 Å². The van der Waals surface area contributed by atoms with E-state index in [1.807, 2.05) is 38.1 Å². The lowest BCUT2D eigenvalue weighted by molar-refractivity contribution is -0.153. The highest BCUT2D eigenvalue weighted by molar-refractivity contribution is 6.09. The van der Waals surface area contributed by atoms with Crippen LogP contribution in [0.25, 0.3) is 0 Å². The van der Waals surface area contributed by atoms with Gasteiger partial charge in [0, 0.05) is 11.8 Å². The average molecular weight is 389 g/mol. The first-order valence-corrected chi connectivity index (χ1v) is 10.2. The zero-order chi connectivity index (χ0) is 20.3. The van der Waals surface area contributed by atoms with Crippen LogP contribution in [0.5, 0.6) is 0 Å². The fraction of sp³-hybridized carbons (Fsp3) is 0.375. The van der Waals surface area contributed by atoms with E-state index in [1.54, 1.807) is 0 Å². The van der Waals surface area contributed by atoms with Crippen molar-refractivity contribution in [2.45, 2.75) is 25.7 Å². The zero-order valence-corrected chi connectivity index (χ0v) is 16.5. The molecule has 2 aromatic rings. The molecule has 29 heavy (non-hydrogen) atoms. The maximum Gasteiger partial charge on any atom is 0.326 e. The highest BCUT2D eigenvalue weighted by atomic mass is 16.5. The molecule has 0 unspecified atom stereocenters. The quantitative estimate of drug-likeness (QED) is 0.596. The second kappa shape index (κ2) is 6.55. The van der Waals surface area contributed by atoms with E-state index < -0.39 is 17.8 Å². The second-order valence-electron chi connectivity index (χ2n) is 8.60. The number of rotatable bonds is 4. The van der Waals surface area contributed by atoms with E-state index in [2.05, 4.69) is 24.3 Å². The molecule has 1 fully saturated rings. The number of hydrogen-bond acceptors (Lipinski definition) is 4. The van der Waals surface area contributed by atoms with Gasteiger partial charge in [-0.25, -0.2) is 0 Å². The SMILES string of the molecule is CC(C)COC(=O)CN1C(=O)[C@@H]2C3c4ccccc4C(c4ccccc43)[C@@H]2C1=O. The van der Waals surface area contributed by atoms with Gasteiger partial charge in [-0.15, -0.1) is 0 Å². The second-order valence-corrected chi connectivity index (χ2v) is 8.60. The van der Waals surface area contributed by atoms with E-state index in [0.717, 1.165) is 27.2 Å². The summed E-state index contributed by atoms with van der Waals surface area (Å²) in [5.74, 6) is -2.02. The lowest BCUT2D eigenvalue weighted by atomic mass is 9.55. The van der Waals surface area contributed by atoms with Gasteiger partial charge < -0.3 is 4.74 Å². The average Bonchev–Trinajstić information content (AvgIpc) is 2.98. The van der Waals surface area contributed by atoms with Gasteiger partial charge in [0.2, 0.25) is 11.8 Å². The molecule has 2 aromatic carbocycles. The first kappa shape index (κ1) is 18.1. The van der Waals surface area contributed by atoms with Gasteiger partial charge in [0.1, 0.15) is 6.54 Å². The first-order chi connectivity index (χ1) is 14.0. The minimum absolute atomic E-state index is 0.148. The van der Waals surface area contributed by atoms with Crippen molar-refractivity contribution >= 4 is 17.8 Å². The fourth-order valence-electron chi connectivity index (χ4n) is 5.33. The molecule has 5 nitrogen and oxygen atoms in total. The van der Waals surface area contributed by atoms with Gasteiger partial charge in [-0.05, 0) is 28.2 Å². The van der Waals surface area contributed by atoms with Gasteiger partial charge in [-0.2, -0.15) is 0 Å². The number of nitrogens with zero attached hydrogens (tertiary/aromatic N) is 1. The minimum atomic E-state index is -0.526. The number of hydrogen-bond donors (Lipinski definition) is 0. The number of esters is 1. The number of likely N-dealkylation sites (tertiary alicyclic amines) is 1. The summed E-state index contributed by atoms with van der Waals surface area (Å²) in [5.41, 5.74) is 4.51. The number of carbonyl (C=O) groups is 3. The Hall–Kier alpha value is -2.95. The third-order valence-electron chi connectivity index (χ3n) is 6.40. The Kier molecular flexibility index (Phi) is 4.09. The number of imide groups is 1. The Balaban J connectivity index is 1.54. The maximum atomic E-state index is 13.3. The maximum absolute atomic E-state index is 13.3. The van der Waals surface area contributed by atoms with Crippen LogP contribution in [0.15, 0.2) is 48.5 Å². The van der Waals surface area contributed by atoms with E-state index >= 15 is 0 Å². The van der Waals surface area contributed by atoms with E-state index in [9.17, 15) is 14.4 Å². The standard InChI is InChI=1S/C24H23NO4/c1-13(2)12-29-18(26)11-25-23(27)21-19-14-7-3-4-8-15(14)20(22(21)24(25)28)17-10-6-5-9-16(17)19/h3-10,13,19-22H,11-12H2,1-2H3/t19?,20?,21-,22+. The van der Waals surface area contributed by atoms with Gasteiger partial charge in [0.25, 0.3) is 0 Å². The van der Waals surface area contributed by atoms with Crippen LogP contribution in [0, 0.1) is 17.8 Å². The van der Waals surface area contributed by atoms with E-state index in [4.69, 9.17) is 4.74 Å². The van der Waals surface area contributed by atoms with Crippen LogP contribution >= 0.6 is 0 Å². The molecule has 1 saturated heterocycles. The summed E-state index contributed by atoms with van der Waals surface area (Å²) in [6.45, 7) is 3.87. The highest BCUT2D eigenvalue weighted by Gasteiger charge is 2.61. The van der Waals surface area contributed by atoms with Gasteiger partial charge in [0.15, 0.2) is 0 Å². The summed E-state index contributed by atoms with van der Waals surface area (Å²) in [7, 11) is 0. The van der Waals surface area contributed by atoms with Crippen molar-refractivity contribution in [2.75, 3.05) is 13.2 Å². The lowest BCUT2D eigenvalue weighted by Crippen LogP contribution is -2.41. The van der Waals surface area contributed by atoms with E-state index in [-0.39, 0.29) is 42.7 Å². The fourth-order valence-corrected chi connectivity index (χ4v) is 5.33. The number of carbonyl (C=O) groups excluding carboxylic acids is 3. The minimum Gasteiger partial charge on any atom is -0.464 e. The largest absolute Gasteiger partial charge is 0.464 e. The van der Waals surface area contributed by atoms with Crippen LogP contribution in [0.3, 0.4) is 0 Å². The summed E-state index contributed by atoms with van der Waals surface area (Å²) in [6, 6.07) is 16.2. The Morgan fingerprint density at radius 2 is 1.28 bits per heavy atom. The molecule has 0 aromatic heterocycles. The van der Waals surface area contributed by atoms with Crippen molar-refractivity contribution in [3.8, 4) is 0 Å². The Morgan fingerprint density at radius 1 is 0.862 bits per heavy atom. The molecular weight excluding hydrogens is 366 g/mol. The van der Waals surface area contributed by atoms with Gasteiger partial charge in [-0.3, -0.25) is 19.3 Å². The molecule has 0 saturated carbocycles. The van der Waals surface area contributed by atoms with Crippen molar-refractivity contribution in [1.82, 2.24) is 4.90 Å². The summed E-state index contributed by atoms with van der Waals surface area (Å²) in [5, 5.41) is 0. The molecule has 2 atom stereocenters. The van der Waals surface area contributed by atoms with E-state index in [1.165, 1.54) is 0 Å². The van der Waals surface area contributed by atoms with Crippen LogP contribution in [0.2, 0.25) is 0 Å². The summed E-state index contributed by atoms with van der Waals surface area (Å²) < 4.78 is 5.22. The van der Waals surface area contributed by atoms with Crippen LogP contribution < -0.4 is 0 Å². The first-order valence-electron chi connectivity index (χ1n) is 10.2. The number of benzene rings is 2. The van der Waals surface area contributed by atoms with Crippen molar-refractivity contribution in [3.05, 3.63) is 70.8 Å². The van der Waals surface area contributed by atoms with E-state index in [0.29, 0.717) is 0 Å². The predicted octanol–water partition coefficient (Wildman–Crippen LogP) is 3.08. The van der Waals surface area contributed by atoms with Crippen molar-refractivity contribution in [3.63, 3.8) is 0 Å². The molecule has 4 aliphatic rings. The monoisotopic (exact) mass is 389 g/mol. The normalized spacial score (nSPS) is 26.4. The van der Waals surface area contributed by atoms with Crippen LogP contribution in [0.4, 0.5) is 0 Å². The third kappa shape index (κ3) is 2.56. The highest BCUT2D eigenvalue weighted by Crippen LogP contribution is 2.60. The molecule has 0 spiro atoms. The van der Waals surface area contributed by atoms with Crippen LogP contribution in [-0.4, -0.2) is 35.8 Å². The molecule has 0 N–H and O–H groups in total. The molecule has 1 heterocycles. The lowest BCUT2D eigenvalue weighted by Gasteiger charge is -2.45. The summed E-state index contributed by atoms with van der Waals surface area (Å²) >= 11 is 0. The van der Waals surface area contributed by atoms with Crippen molar-refractivity contribution < 1.29 is 19.1 Å². The Bertz CT molecular complexity index is 912. The Labute approximate surface area is 169 Å². The predicted molar refractivity (Wildman–Crippen MR) is 106 cm³/mol. The van der Waals surface area contributed by atoms with Crippen LogP contribution in [-0.2, 0) is 19.1 Å². The van der Waals surface area contributed by atoms with Crippen molar-refractivity contribution in [2.24, 2.45) is 17.8 Å². The molecule has 0 radical (unpaired) electrons. The molecule has 2 amide bonds. The smallest absolute Gasteiger partial charge is 0.326 e. The molecule has 2 bridgehead atoms. The van der Waals surface area contributed by atoms with Crippen molar-refractivity contribution in [1.29, 1.82) is 0 Å². The topological polar surface area (TPSA) is 63.7 Å². The molecular formula is C24H23NO4. The van der Waals surface area contributed by atoms with Gasteiger partial charge in [-0.1, -0.05) is 62.4 Å². The Morgan fingerprint density at radius 3 is 1.66 bits per heavy atom. The molecule has 3 aliphatic carbocycles. The summed E-state index contributed by atoms with van der Waals surface area (Å²) in [6.07, 6.45) is 0. The molecule has 1 aliphatic heterocycles. The molecule has 5 heteroatoms. The molecule has 6 rings (SSSR count). The third-order valence-corrected chi connectivity index (χ3v) is 6.40. The zero-order valence-electron chi connectivity index (χ0n) is 16.5. The summed E-state index contributed by atoms with van der Waals surface area (Å²) in [4.78, 5) is 40.0. The number of amides is 2. The number of ether oxygens (including phenoxy) is 1. The van der Waals surface area contributed by atoms with Gasteiger partial charge in [0.05, 0.1) is 18.4 Å².